The highest BCUT2D eigenvalue weighted by molar-refractivity contribution is 5.33. The Kier molecular flexibility index (Phi) is 4.73. The van der Waals surface area contributed by atoms with E-state index in [0.29, 0.717) is 12.6 Å². The first-order valence-corrected chi connectivity index (χ1v) is 6.80. The largest absolute Gasteiger partial charge is 0.464 e. The third-order valence-corrected chi connectivity index (χ3v) is 3.01. The highest BCUT2D eigenvalue weighted by Crippen LogP contribution is 2.12. The fourth-order valence-electron chi connectivity index (χ4n) is 2.25. The van der Waals surface area contributed by atoms with Crippen molar-refractivity contribution in [3.63, 3.8) is 0 Å². The number of ether oxygens (including phenoxy) is 1. The normalized spacial score (nSPS) is 17.4. The minimum atomic E-state index is 0.175. The second kappa shape index (κ2) is 6.51. The monoisotopic (exact) mass is 266 g/mol. The maximum absolute atomic E-state index is 5.64. The predicted octanol–water partition coefficient (Wildman–Crippen LogP) is 0.749. The fraction of sp³-hybridized carbons (Fsp3) is 0.750. The molecule has 2 rings (SSSR count). The van der Waals surface area contributed by atoms with Crippen molar-refractivity contribution in [3.05, 3.63) is 0 Å². The van der Waals surface area contributed by atoms with Crippen LogP contribution in [-0.2, 0) is 0 Å². The first kappa shape index (κ1) is 13.8. The van der Waals surface area contributed by atoms with Crippen LogP contribution in [0, 0.1) is 0 Å². The molecule has 2 heterocycles. The van der Waals surface area contributed by atoms with Gasteiger partial charge in [0.25, 0.3) is 0 Å². The summed E-state index contributed by atoms with van der Waals surface area (Å²) in [5.74, 6) is 0.650. The number of hydrogen-bond acceptors (Lipinski definition) is 7. The third-order valence-electron chi connectivity index (χ3n) is 3.01. The van der Waals surface area contributed by atoms with Gasteiger partial charge in [-0.15, -0.1) is 0 Å². The minimum Gasteiger partial charge on any atom is -0.464 e. The van der Waals surface area contributed by atoms with Crippen molar-refractivity contribution in [1.29, 1.82) is 0 Å². The second-order valence-corrected chi connectivity index (χ2v) is 4.79. The number of hydrogen-bond donors (Lipinski definition) is 2. The molecule has 1 aromatic rings. The van der Waals surface area contributed by atoms with E-state index in [0.717, 1.165) is 6.54 Å². The summed E-state index contributed by atoms with van der Waals surface area (Å²) >= 11 is 0. The van der Waals surface area contributed by atoms with Gasteiger partial charge in [-0.1, -0.05) is 0 Å². The van der Waals surface area contributed by atoms with E-state index < -0.39 is 0 Å². The second-order valence-electron chi connectivity index (χ2n) is 4.79. The molecule has 106 valence electrons. The molecule has 1 aliphatic heterocycles. The van der Waals surface area contributed by atoms with Crippen LogP contribution in [0.15, 0.2) is 0 Å². The molecular weight excluding hydrogens is 244 g/mol. The molecule has 0 aliphatic carbocycles. The highest BCUT2D eigenvalue weighted by atomic mass is 16.5. The van der Waals surface area contributed by atoms with E-state index in [1.54, 1.807) is 0 Å². The average molecular weight is 266 g/mol. The van der Waals surface area contributed by atoms with Crippen LogP contribution < -0.4 is 15.8 Å². The van der Waals surface area contributed by atoms with Gasteiger partial charge >= 0.3 is 6.01 Å². The first-order valence-electron chi connectivity index (χ1n) is 6.80. The van der Waals surface area contributed by atoms with Crippen LogP contribution in [0.2, 0.25) is 0 Å². The molecule has 1 unspecified atom stereocenters. The van der Waals surface area contributed by atoms with Gasteiger partial charge in [0.1, 0.15) is 0 Å². The van der Waals surface area contributed by atoms with Crippen LogP contribution in [0.25, 0.3) is 0 Å². The Morgan fingerprint density at radius 3 is 2.74 bits per heavy atom. The van der Waals surface area contributed by atoms with Crippen molar-refractivity contribution in [3.8, 4) is 6.01 Å². The minimum absolute atomic E-state index is 0.175. The lowest BCUT2D eigenvalue weighted by Crippen LogP contribution is -2.33. The van der Waals surface area contributed by atoms with Gasteiger partial charge in [-0.25, -0.2) is 0 Å². The summed E-state index contributed by atoms with van der Waals surface area (Å²) in [5.41, 5.74) is 5.64. The zero-order valence-corrected chi connectivity index (χ0v) is 11.6. The molecule has 1 saturated heterocycles. The summed E-state index contributed by atoms with van der Waals surface area (Å²) in [4.78, 5) is 14.6. The molecule has 1 aliphatic rings. The van der Waals surface area contributed by atoms with Gasteiger partial charge in [0, 0.05) is 12.6 Å². The first-order chi connectivity index (χ1) is 9.17. The Hall–Kier alpha value is -1.63. The maximum atomic E-state index is 5.64. The zero-order chi connectivity index (χ0) is 13.7. The van der Waals surface area contributed by atoms with Crippen molar-refractivity contribution >= 4 is 11.9 Å². The molecule has 7 nitrogen and oxygen atoms in total. The number of nitrogens with one attached hydrogen (secondary N) is 1. The summed E-state index contributed by atoms with van der Waals surface area (Å²) in [6.07, 6.45) is 2.58. The van der Waals surface area contributed by atoms with Gasteiger partial charge in [-0.3, -0.25) is 0 Å². The summed E-state index contributed by atoms with van der Waals surface area (Å²) in [6.45, 7) is 7.83. The van der Waals surface area contributed by atoms with Gasteiger partial charge in [0.15, 0.2) is 0 Å². The van der Waals surface area contributed by atoms with E-state index in [-0.39, 0.29) is 18.0 Å². The average Bonchev–Trinajstić information content (AvgIpc) is 2.81. The molecule has 0 aromatic carbocycles. The Morgan fingerprint density at radius 2 is 2.05 bits per heavy atom. The van der Waals surface area contributed by atoms with Crippen LogP contribution >= 0.6 is 0 Å². The molecule has 1 atom stereocenters. The zero-order valence-electron chi connectivity index (χ0n) is 11.6. The fourth-order valence-corrected chi connectivity index (χ4v) is 2.25. The van der Waals surface area contributed by atoms with E-state index >= 15 is 0 Å². The van der Waals surface area contributed by atoms with Crippen molar-refractivity contribution in [2.75, 3.05) is 37.3 Å². The van der Waals surface area contributed by atoms with E-state index in [2.05, 4.69) is 32.1 Å². The number of rotatable bonds is 6. The quantitative estimate of drug-likeness (QED) is 0.785. The third kappa shape index (κ3) is 4.20. The molecule has 0 bridgehead atoms. The van der Waals surface area contributed by atoms with Crippen LogP contribution in [0.4, 0.5) is 11.9 Å². The van der Waals surface area contributed by atoms with Gasteiger partial charge in [-0.2, -0.15) is 15.0 Å². The standard InChI is InChI=1S/C12H22N6O/c1-3-19-12-16-10(13)15-11(17-12)14-9(2)8-18-6-4-5-7-18/h9H,3-8H2,1-2H3,(H3,13,14,15,16,17). The van der Waals surface area contributed by atoms with Gasteiger partial charge in [-0.05, 0) is 39.8 Å². The summed E-state index contributed by atoms with van der Waals surface area (Å²) in [7, 11) is 0. The summed E-state index contributed by atoms with van der Waals surface area (Å²) < 4.78 is 5.25. The molecule has 19 heavy (non-hydrogen) atoms. The molecule has 1 aromatic heterocycles. The molecule has 0 amide bonds. The number of likely N-dealkylation sites (tertiary alicyclic amines) is 1. The van der Waals surface area contributed by atoms with Gasteiger partial charge < -0.3 is 20.7 Å². The molecule has 7 heteroatoms. The predicted molar refractivity (Wildman–Crippen MR) is 74.2 cm³/mol. The molecule has 0 radical (unpaired) electrons. The van der Waals surface area contributed by atoms with Crippen LogP contribution in [0.3, 0.4) is 0 Å². The van der Waals surface area contributed by atoms with Crippen molar-refractivity contribution in [2.45, 2.75) is 32.7 Å². The Labute approximate surface area is 113 Å². The van der Waals surface area contributed by atoms with Crippen molar-refractivity contribution in [2.24, 2.45) is 0 Å². The highest BCUT2D eigenvalue weighted by Gasteiger charge is 2.15. The van der Waals surface area contributed by atoms with E-state index in [1.165, 1.54) is 25.9 Å². The molecule has 3 N–H and O–H groups in total. The Morgan fingerprint density at radius 1 is 1.32 bits per heavy atom. The molecular formula is C12H22N6O. The summed E-state index contributed by atoms with van der Waals surface area (Å²) in [6, 6.07) is 0.528. The van der Waals surface area contributed by atoms with E-state index in [4.69, 9.17) is 10.5 Å². The molecule has 0 spiro atoms. The smallest absolute Gasteiger partial charge is 0.323 e. The number of aromatic nitrogens is 3. The SMILES string of the molecule is CCOc1nc(N)nc(NC(C)CN2CCCC2)n1. The number of anilines is 2. The maximum Gasteiger partial charge on any atom is 0.323 e. The van der Waals surface area contributed by atoms with Crippen LogP contribution in [-0.4, -0.2) is 52.1 Å². The summed E-state index contributed by atoms with van der Waals surface area (Å²) in [5, 5.41) is 3.24. The molecule has 0 saturated carbocycles. The van der Waals surface area contributed by atoms with Crippen LogP contribution in [0.5, 0.6) is 6.01 Å². The van der Waals surface area contributed by atoms with Crippen LogP contribution in [0.1, 0.15) is 26.7 Å². The number of nitrogens with two attached hydrogens (primary N) is 1. The topological polar surface area (TPSA) is 89.2 Å². The number of nitrogens with zero attached hydrogens (tertiary/aromatic N) is 4. The van der Waals surface area contributed by atoms with Crippen molar-refractivity contribution < 1.29 is 4.74 Å². The van der Waals surface area contributed by atoms with Gasteiger partial charge in [0.2, 0.25) is 11.9 Å². The lowest BCUT2D eigenvalue weighted by Gasteiger charge is -2.21. The number of nitrogen functional groups attached to an aromatic ring is 1. The lowest BCUT2D eigenvalue weighted by molar-refractivity contribution is 0.311. The van der Waals surface area contributed by atoms with E-state index in [9.17, 15) is 0 Å². The van der Waals surface area contributed by atoms with Crippen molar-refractivity contribution in [1.82, 2.24) is 19.9 Å². The van der Waals surface area contributed by atoms with E-state index in [1.807, 2.05) is 6.92 Å². The molecule has 1 fully saturated rings. The Balaban J connectivity index is 1.93. The Bertz CT molecular complexity index is 407. The lowest BCUT2D eigenvalue weighted by atomic mass is 10.3. The van der Waals surface area contributed by atoms with Gasteiger partial charge in [0.05, 0.1) is 6.61 Å².